The smallest absolute Gasteiger partial charge is 0.329 e. The molecule has 0 spiro atoms. The fourth-order valence-corrected chi connectivity index (χ4v) is 0.804. The predicted octanol–water partition coefficient (Wildman–Crippen LogP) is -1.15. The highest BCUT2D eigenvalue weighted by Gasteiger charge is 2.07. The Morgan fingerprint density at radius 1 is 1.64 bits per heavy atom. The van der Waals surface area contributed by atoms with Crippen molar-refractivity contribution in [1.29, 1.82) is 0 Å². The Bertz CT molecular complexity index is 461. The Kier molecular flexibility index (Phi) is 2.80. The van der Waals surface area contributed by atoms with Crippen LogP contribution in [0, 0.1) is 5.82 Å². The van der Waals surface area contributed by atoms with Gasteiger partial charge in [-0.1, -0.05) is 0 Å². The van der Waals surface area contributed by atoms with Crippen molar-refractivity contribution in [2.75, 3.05) is 7.11 Å². The molecule has 1 aromatic heterocycles. The van der Waals surface area contributed by atoms with Crippen molar-refractivity contribution in [3.63, 3.8) is 0 Å². The van der Waals surface area contributed by atoms with E-state index in [1.807, 2.05) is 0 Å². The number of halogens is 1. The summed E-state index contributed by atoms with van der Waals surface area (Å²) in [7, 11) is 1.13. The quantitative estimate of drug-likeness (QED) is 0.614. The number of aromatic amines is 1. The van der Waals surface area contributed by atoms with Crippen molar-refractivity contribution >= 4 is 5.97 Å². The number of aromatic nitrogens is 2. The van der Waals surface area contributed by atoms with Crippen LogP contribution in [0.1, 0.15) is 0 Å². The molecule has 0 saturated carbocycles. The molecule has 0 saturated heterocycles. The van der Waals surface area contributed by atoms with Gasteiger partial charge in [-0.2, -0.15) is 4.39 Å². The van der Waals surface area contributed by atoms with E-state index < -0.39 is 29.6 Å². The topological polar surface area (TPSA) is 81.2 Å². The SMILES string of the molecule is COC(=O)Cn1cc(F)c(=O)[nH]c1=O. The van der Waals surface area contributed by atoms with Crippen LogP contribution < -0.4 is 11.2 Å². The van der Waals surface area contributed by atoms with E-state index in [4.69, 9.17) is 0 Å². The molecular weight excluding hydrogens is 195 g/mol. The second kappa shape index (κ2) is 3.86. The van der Waals surface area contributed by atoms with Crippen LogP contribution in [0.3, 0.4) is 0 Å². The van der Waals surface area contributed by atoms with Crippen molar-refractivity contribution in [1.82, 2.24) is 9.55 Å². The number of nitrogens with zero attached hydrogens (tertiary/aromatic N) is 1. The fraction of sp³-hybridized carbons (Fsp3) is 0.286. The first-order valence-corrected chi connectivity index (χ1v) is 3.60. The Hall–Kier alpha value is -1.92. The minimum absolute atomic E-state index is 0.441. The lowest BCUT2D eigenvalue weighted by Gasteiger charge is -2.02. The number of esters is 1. The predicted molar refractivity (Wildman–Crippen MR) is 43.3 cm³/mol. The summed E-state index contributed by atoms with van der Waals surface area (Å²) in [6.07, 6.45) is 0.651. The van der Waals surface area contributed by atoms with Crippen LogP contribution >= 0.6 is 0 Å². The molecule has 0 atom stereocenters. The van der Waals surface area contributed by atoms with Gasteiger partial charge in [-0.05, 0) is 0 Å². The van der Waals surface area contributed by atoms with E-state index in [9.17, 15) is 18.8 Å². The molecular formula is C7H7FN2O4. The number of carbonyl (C=O) groups is 1. The lowest BCUT2D eigenvalue weighted by molar-refractivity contribution is -0.141. The van der Waals surface area contributed by atoms with E-state index in [2.05, 4.69) is 4.74 Å². The number of rotatable bonds is 2. The maximum atomic E-state index is 12.7. The maximum absolute atomic E-state index is 12.7. The first kappa shape index (κ1) is 10.2. The number of methoxy groups -OCH3 is 1. The number of hydrogen-bond acceptors (Lipinski definition) is 4. The van der Waals surface area contributed by atoms with Gasteiger partial charge in [0.15, 0.2) is 0 Å². The van der Waals surface area contributed by atoms with Gasteiger partial charge < -0.3 is 4.74 Å². The molecule has 1 aromatic rings. The van der Waals surface area contributed by atoms with Crippen molar-refractivity contribution in [3.8, 4) is 0 Å². The molecule has 0 aromatic carbocycles. The second-order valence-corrected chi connectivity index (χ2v) is 2.44. The summed E-state index contributed by atoms with van der Waals surface area (Å²) in [5, 5.41) is 0. The van der Waals surface area contributed by atoms with Crippen LogP contribution in [0.4, 0.5) is 4.39 Å². The number of carbonyl (C=O) groups excluding carboxylic acids is 1. The van der Waals surface area contributed by atoms with E-state index >= 15 is 0 Å². The molecule has 1 N–H and O–H groups in total. The van der Waals surface area contributed by atoms with Gasteiger partial charge in [0.2, 0.25) is 5.82 Å². The summed E-state index contributed by atoms with van der Waals surface area (Å²) in [4.78, 5) is 34.0. The van der Waals surface area contributed by atoms with Gasteiger partial charge in [0.05, 0.1) is 13.3 Å². The molecule has 0 aliphatic heterocycles. The van der Waals surface area contributed by atoms with Gasteiger partial charge in [0, 0.05) is 0 Å². The van der Waals surface area contributed by atoms with Gasteiger partial charge >= 0.3 is 11.7 Å². The third-order valence-corrected chi connectivity index (χ3v) is 1.49. The molecule has 0 bridgehead atoms. The number of H-pyrrole nitrogens is 1. The summed E-state index contributed by atoms with van der Waals surface area (Å²) in [6.45, 7) is -0.441. The zero-order valence-electron chi connectivity index (χ0n) is 7.24. The van der Waals surface area contributed by atoms with Gasteiger partial charge in [-0.25, -0.2) is 4.79 Å². The van der Waals surface area contributed by atoms with Crippen molar-refractivity contribution in [2.45, 2.75) is 6.54 Å². The van der Waals surface area contributed by atoms with Gasteiger partial charge in [-0.15, -0.1) is 0 Å². The Balaban J connectivity index is 3.11. The molecule has 0 aliphatic carbocycles. The van der Waals surface area contributed by atoms with Crippen LogP contribution in [0.15, 0.2) is 15.8 Å². The fourth-order valence-electron chi connectivity index (χ4n) is 0.804. The van der Waals surface area contributed by atoms with Gasteiger partial charge in [-0.3, -0.25) is 19.1 Å². The Morgan fingerprint density at radius 2 is 2.29 bits per heavy atom. The van der Waals surface area contributed by atoms with E-state index in [0.717, 1.165) is 7.11 Å². The van der Waals surface area contributed by atoms with Gasteiger partial charge in [0.1, 0.15) is 6.54 Å². The lowest BCUT2D eigenvalue weighted by Crippen LogP contribution is -2.33. The van der Waals surface area contributed by atoms with Crippen molar-refractivity contribution in [2.24, 2.45) is 0 Å². The van der Waals surface area contributed by atoms with E-state index in [0.29, 0.717) is 10.8 Å². The molecule has 0 aliphatic rings. The zero-order chi connectivity index (χ0) is 10.7. The molecule has 0 radical (unpaired) electrons. The molecule has 6 nitrogen and oxygen atoms in total. The van der Waals surface area contributed by atoms with Crippen LogP contribution in [0.25, 0.3) is 0 Å². The Labute approximate surface area is 76.9 Å². The molecule has 14 heavy (non-hydrogen) atoms. The number of ether oxygens (including phenoxy) is 1. The molecule has 0 unspecified atom stereocenters. The monoisotopic (exact) mass is 202 g/mol. The highest BCUT2D eigenvalue weighted by atomic mass is 19.1. The van der Waals surface area contributed by atoms with Crippen LogP contribution in [0.2, 0.25) is 0 Å². The van der Waals surface area contributed by atoms with E-state index in [1.54, 1.807) is 4.98 Å². The normalized spacial score (nSPS) is 9.86. The molecule has 0 amide bonds. The molecule has 1 rings (SSSR count). The zero-order valence-corrected chi connectivity index (χ0v) is 7.24. The minimum Gasteiger partial charge on any atom is -0.468 e. The van der Waals surface area contributed by atoms with Crippen LogP contribution in [0.5, 0.6) is 0 Å². The summed E-state index contributed by atoms with van der Waals surface area (Å²) in [6, 6.07) is 0. The summed E-state index contributed by atoms with van der Waals surface area (Å²) in [5.41, 5.74) is -1.97. The summed E-state index contributed by atoms with van der Waals surface area (Å²) < 4.78 is 17.6. The third-order valence-electron chi connectivity index (χ3n) is 1.49. The average molecular weight is 202 g/mol. The third kappa shape index (κ3) is 2.06. The van der Waals surface area contributed by atoms with Crippen molar-refractivity contribution < 1.29 is 13.9 Å². The largest absolute Gasteiger partial charge is 0.468 e. The highest BCUT2D eigenvalue weighted by Crippen LogP contribution is 1.85. The summed E-state index contributed by atoms with van der Waals surface area (Å²) >= 11 is 0. The molecule has 0 fully saturated rings. The first-order chi connectivity index (χ1) is 6.54. The molecule has 1 heterocycles. The first-order valence-electron chi connectivity index (χ1n) is 3.60. The van der Waals surface area contributed by atoms with Crippen LogP contribution in [-0.4, -0.2) is 22.6 Å². The standard InChI is InChI=1S/C7H7FN2O4/c1-14-5(11)3-10-2-4(8)6(12)9-7(10)13/h2H,3H2,1H3,(H,9,12,13). The van der Waals surface area contributed by atoms with Crippen molar-refractivity contribution in [3.05, 3.63) is 32.9 Å². The second-order valence-electron chi connectivity index (χ2n) is 2.44. The van der Waals surface area contributed by atoms with E-state index in [1.165, 1.54) is 0 Å². The van der Waals surface area contributed by atoms with Gasteiger partial charge in [0.25, 0.3) is 5.56 Å². The average Bonchev–Trinajstić information content (AvgIpc) is 2.14. The molecule has 7 heteroatoms. The lowest BCUT2D eigenvalue weighted by atomic mass is 10.5. The van der Waals surface area contributed by atoms with E-state index in [-0.39, 0.29) is 0 Å². The molecule has 76 valence electrons. The Morgan fingerprint density at radius 3 is 2.86 bits per heavy atom. The summed E-state index contributed by atoms with van der Waals surface area (Å²) in [5.74, 6) is -1.84. The highest BCUT2D eigenvalue weighted by molar-refractivity contribution is 5.68. The van der Waals surface area contributed by atoms with Crippen LogP contribution in [-0.2, 0) is 16.1 Å². The number of hydrogen-bond donors (Lipinski definition) is 1. The maximum Gasteiger partial charge on any atom is 0.329 e. The number of nitrogens with one attached hydrogen (secondary N) is 1. The minimum atomic E-state index is -1.13.